The molecular formula is C17H16F2O. The van der Waals surface area contributed by atoms with Gasteiger partial charge in [-0.2, -0.15) is 0 Å². The van der Waals surface area contributed by atoms with Gasteiger partial charge in [-0.1, -0.05) is 23.8 Å². The van der Waals surface area contributed by atoms with Crippen molar-refractivity contribution in [1.82, 2.24) is 0 Å². The van der Waals surface area contributed by atoms with Crippen LogP contribution in [0.15, 0.2) is 30.3 Å². The van der Waals surface area contributed by atoms with Gasteiger partial charge in [-0.3, -0.25) is 4.79 Å². The fourth-order valence-corrected chi connectivity index (χ4v) is 2.50. The third-order valence-electron chi connectivity index (χ3n) is 3.42. The number of ketones is 1. The highest BCUT2D eigenvalue weighted by atomic mass is 19.1. The minimum atomic E-state index is -0.808. The van der Waals surface area contributed by atoms with Crippen LogP contribution in [0.4, 0.5) is 8.78 Å². The molecule has 0 aromatic heterocycles. The highest BCUT2D eigenvalue weighted by Gasteiger charge is 2.18. The predicted molar refractivity (Wildman–Crippen MR) is 75.0 cm³/mol. The first-order valence-electron chi connectivity index (χ1n) is 6.44. The van der Waals surface area contributed by atoms with Crippen LogP contribution in [0, 0.1) is 32.4 Å². The van der Waals surface area contributed by atoms with Crippen molar-refractivity contribution in [2.24, 2.45) is 0 Å². The summed E-state index contributed by atoms with van der Waals surface area (Å²) in [5.41, 5.74) is 3.42. The SMILES string of the molecule is Cc1cc(C)c(CC(=O)c2c(F)cccc2F)c(C)c1. The summed E-state index contributed by atoms with van der Waals surface area (Å²) in [7, 11) is 0. The number of carbonyl (C=O) groups excluding carboxylic acids is 1. The summed E-state index contributed by atoms with van der Waals surface area (Å²) in [5.74, 6) is -2.15. The van der Waals surface area contributed by atoms with Gasteiger partial charge in [0, 0.05) is 6.42 Å². The molecule has 0 saturated heterocycles. The van der Waals surface area contributed by atoms with Crippen LogP contribution in [0.5, 0.6) is 0 Å². The number of benzene rings is 2. The molecule has 0 spiro atoms. The second kappa shape index (κ2) is 5.53. The molecule has 0 unspecified atom stereocenters. The summed E-state index contributed by atoms with van der Waals surface area (Å²) in [6.45, 7) is 5.78. The number of hydrogen-bond donors (Lipinski definition) is 0. The van der Waals surface area contributed by atoms with Crippen LogP contribution in [0.25, 0.3) is 0 Å². The normalized spacial score (nSPS) is 10.7. The Morgan fingerprint density at radius 3 is 2.00 bits per heavy atom. The van der Waals surface area contributed by atoms with E-state index in [9.17, 15) is 13.6 Å². The molecule has 0 aliphatic rings. The minimum Gasteiger partial charge on any atom is -0.294 e. The van der Waals surface area contributed by atoms with E-state index < -0.39 is 23.0 Å². The van der Waals surface area contributed by atoms with Crippen LogP contribution in [0.3, 0.4) is 0 Å². The number of hydrogen-bond acceptors (Lipinski definition) is 1. The molecule has 0 fully saturated rings. The molecule has 0 heterocycles. The van der Waals surface area contributed by atoms with Gasteiger partial charge in [0.1, 0.15) is 11.6 Å². The van der Waals surface area contributed by atoms with E-state index in [4.69, 9.17) is 0 Å². The van der Waals surface area contributed by atoms with E-state index in [1.165, 1.54) is 6.07 Å². The van der Waals surface area contributed by atoms with Crippen LogP contribution < -0.4 is 0 Å². The summed E-state index contributed by atoms with van der Waals surface area (Å²) in [6, 6.07) is 7.39. The Morgan fingerprint density at radius 1 is 1.00 bits per heavy atom. The predicted octanol–water partition coefficient (Wildman–Crippen LogP) is 4.32. The zero-order chi connectivity index (χ0) is 14.9. The van der Waals surface area contributed by atoms with Gasteiger partial charge in [-0.05, 0) is 49.6 Å². The quantitative estimate of drug-likeness (QED) is 0.762. The van der Waals surface area contributed by atoms with Gasteiger partial charge in [0.15, 0.2) is 5.78 Å². The summed E-state index contributed by atoms with van der Waals surface area (Å²) in [6.07, 6.45) is 0.00972. The van der Waals surface area contributed by atoms with E-state index in [1.807, 2.05) is 32.9 Å². The Bertz CT molecular complexity index is 631. The third-order valence-corrected chi connectivity index (χ3v) is 3.42. The van der Waals surface area contributed by atoms with Gasteiger partial charge in [-0.15, -0.1) is 0 Å². The Labute approximate surface area is 117 Å². The van der Waals surface area contributed by atoms with E-state index in [0.717, 1.165) is 34.4 Å². The van der Waals surface area contributed by atoms with Crippen molar-refractivity contribution in [1.29, 1.82) is 0 Å². The molecule has 0 aliphatic carbocycles. The minimum absolute atomic E-state index is 0.00972. The third kappa shape index (κ3) is 2.77. The number of carbonyl (C=O) groups is 1. The zero-order valence-corrected chi connectivity index (χ0v) is 11.8. The van der Waals surface area contributed by atoms with E-state index in [-0.39, 0.29) is 6.42 Å². The van der Waals surface area contributed by atoms with Crippen LogP contribution in [0.2, 0.25) is 0 Å². The van der Waals surface area contributed by atoms with E-state index in [0.29, 0.717) is 0 Å². The van der Waals surface area contributed by atoms with Crippen molar-refractivity contribution in [2.75, 3.05) is 0 Å². The lowest BCUT2D eigenvalue weighted by Crippen LogP contribution is -2.11. The number of aryl methyl sites for hydroxylation is 3. The van der Waals surface area contributed by atoms with Crippen molar-refractivity contribution in [2.45, 2.75) is 27.2 Å². The van der Waals surface area contributed by atoms with Crippen LogP contribution in [-0.4, -0.2) is 5.78 Å². The van der Waals surface area contributed by atoms with Crippen molar-refractivity contribution in [3.8, 4) is 0 Å². The maximum Gasteiger partial charge on any atom is 0.173 e. The van der Waals surface area contributed by atoms with Gasteiger partial charge in [0.05, 0.1) is 5.56 Å². The van der Waals surface area contributed by atoms with Crippen molar-refractivity contribution in [3.63, 3.8) is 0 Å². The molecule has 2 aromatic carbocycles. The topological polar surface area (TPSA) is 17.1 Å². The molecule has 3 heteroatoms. The van der Waals surface area contributed by atoms with Gasteiger partial charge in [0.25, 0.3) is 0 Å². The first kappa shape index (κ1) is 14.4. The smallest absolute Gasteiger partial charge is 0.173 e. The molecule has 0 bridgehead atoms. The Morgan fingerprint density at radius 2 is 1.50 bits per heavy atom. The summed E-state index contributed by atoms with van der Waals surface area (Å²) in [5, 5.41) is 0. The van der Waals surface area contributed by atoms with Crippen LogP contribution >= 0.6 is 0 Å². The van der Waals surface area contributed by atoms with Gasteiger partial charge in [0.2, 0.25) is 0 Å². The molecule has 2 rings (SSSR count). The molecule has 2 aromatic rings. The van der Waals surface area contributed by atoms with Gasteiger partial charge >= 0.3 is 0 Å². The fraction of sp³-hybridized carbons (Fsp3) is 0.235. The maximum atomic E-state index is 13.6. The molecular weight excluding hydrogens is 258 g/mol. The Balaban J connectivity index is 2.38. The summed E-state index contributed by atoms with van der Waals surface area (Å²) in [4.78, 5) is 12.2. The van der Waals surface area contributed by atoms with Crippen molar-refractivity contribution >= 4 is 5.78 Å². The van der Waals surface area contributed by atoms with E-state index in [2.05, 4.69) is 0 Å². The first-order chi connectivity index (χ1) is 9.40. The lowest BCUT2D eigenvalue weighted by molar-refractivity contribution is 0.0984. The van der Waals surface area contributed by atoms with Gasteiger partial charge in [-0.25, -0.2) is 8.78 Å². The fourth-order valence-electron chi connectivity index (χ4n) is 2.50. The zero-order valence-electron chi connectivity index (χ0n) is 11.8. The second-order valence-electron chi connectivity index (χ2n) is 5.07. The molecule has 0 atom stereocenters. The molecule has 0 saturated carbocycles. The lowest BCUT2D eigenvalue weighted by Gasteiger charge is -2.11. The Hall–Kier alpha value is -2.03. The number of halogens is 2. The molecule has 0 N–H and O–H groups in total. The average Bonchev–Trinajstić information content (AvgIpc) is 2.33. The van der Waals surface area contributed by atoms with E-state index in [1.54, 1.807) is 0 Å². The molecule has 0 aliphatic heterocycles. The lowest BCUT2D eigenvalue weighted by atomic mass is 9.93. The summed E-state index contributed by atoms with van der Waals surface area (Å²) >= 11 is 0. The Kier molecular flexibility index (Phi) is 3.98. The monoisotopic (exact) mass is 274 g/mol. The van der Waals surface area contributed by atoms with E-state index >= 15 is 0 Å². The van der Waals surface area contributed by atoms with Crippen molar-refractivity contribution < 1.29 is 13.6 Å². The number of rotatable bonds is 3. The van der Waals surface area contributed by atoms with Crippen LogP contribution in [-0.2, 0) is 6.42 Å². The molecule has 0 radical (unpaired) electrons. The number of Topliss-reactive ketones (excluding diaryl/α,β-unsaturated/α-hetero) is 1. The molecule has 20 heavy (non-hydrogen) atoms. The first-order valence-corrected chi connectivity index (χ1v) is 6.44. The molecule has 0 amide bonds. The van der Waals surface area contributed by atoms with Crippen LogP contribution in [0.1, 0.15) is 32.6 Å². The second-order valence-corrected chi connectivity index (χ2v) is 5.07. The largest absolute Gasteiger partial charge is 0.294 e. The highest BCUT2D eigenvalue weighted by Crippen LogP contribution is 2.20. The van der Waals surface area contributed by atoms with Gasteiger partial charge < -0.3 is 0 Å². The molecule has 1 nitrogen and oxygen atoms in total. The summed E-state index contributed by atoms with van der Waals surface area (Å²) < 4.78 is 27.2. The standard InChI is InChI=1S/C17H16F2O/c1-10-7-11(2)13(12(3)8-10)9-16(20)17-14(18)5-4-6-15(17)19/h4-8H,9H2,1-3H3. The highest BCUT2D eigenvalue weighted by molar-refractivity contribution is 5.98. The average molecular weight is 274 g/mol. The van der Waals surface area contributed by atoms with Crippen molar-refractivity contribution in [3.05, 3.63) is 69.8 Å². The maximum absolute atomic E-state index is 13.6. The molecule has 104 valence electrons.